The molecule has 0 atom stereocenters. The summed E-state index contributed by atoms with van der Waals surface area (Å²) in [5, 5.41) is 0. The third kappa shape index (κ3) is 34.2. The lowest BCUT2D eigenvalue weighted by Crippen LogP contribution is -2.25. The van der Waals surface area contributed by atoms with Crippen molar-refractivity contribution in [2.24, 2.45) is 0 Å². The zero-order chi connectivity index (χ0) is 45.6. The maximum atomic E-state index is 6.37. The van der Waals surface area contributed by atoms with Crippen molar-refractivity contribution in [3.05, 3.63) is 48.5 Å². The van der Waals surface area contributed by atoms with Crippen molar-refractivity contribution in [3.63, 3.8) is 0 Å². The molecule has 0 heterocycles. The topological polar surface area (TPSA) is 15.7 Å². The molecule has 0 radical (unpaired) electrons. The van der Waals surface area contributed by atoms with Crippen LogP contribution >= 0.6 is 0 Å². The minimum atomic E-state index is 0.920. The van der Waals surface area contributed by atoms with E-state index in [0.717, 1.165) is 18.0 Å². The summed E-state index contributed by atoms with van der Waals surface area (Å²) in [7, 11) is 2.24. The van der Waals surface area contributed by atoms with Crippen LogP contribution in [0.15, 0.2) is 48.5 Å². The highest BCUT2D eigenvalue weighted by molar-refractivity contribution is 5.51. The average molecular weight is 888 g/mol. The second-order valence-corrected chi connectivity index (χ2v) is 20.3. The van der Waals surface area contributed by atoms with Gasteiger partial charge in [-0.1, -0.05) is 271 Å². The first kappa shape index (κ1) is 58.0. The monoisotopic (exact) mass is 887 g/mol. The van der Waals surface area contributed by atoms with E-state index in [1.165, 1.54) is 294 Å². The minimum Gasteiger partial charge on any atom is -0.457 e. The number of rotatable bonds is 49. The zero-order valence-corrected chi connectivity index (χ0v) is 43.7. The highest BCUT2D eigenvalue weighted by atomic mass is 16.5. The summed E-state index contributed by atoms with van der Waals surface area (Å²) < 4.78 is 6.37. The Morgan fingerprint density at radius 3 is 0.750 bits per heavy atom. The molecule has 2 aromatic rings. The zero-order valence-electron chi connectivity index (χ0n) is 43.7. The molecule has 0 spiro atoms. The molecule has 370 valence electrons. The Morgan fingerprint density at radius 2 is 0.484 bits per heavy atom. The van der Waals surface area contributed by atoms with E-state index in [4.69, 9.17) is 4.74 Å². The van der Waals surface area contributed by atoms with Crippen molar-refractivity contribution < 1.29 is 4.74 Å². The number of nitrogens with zero attached hydrogens (tertiary/aromatic N) is 2. The van der Waals surface area contributed by atoms with Crippen LogP contribution in [0.1, 0.15) is 290 Å². The Labute approximate surface area is 401 Å². The van der Waals surface area contributed by atoms with E-state index in [-0.39, 0.29) is 0 Å². The minimum absolute atomic E-state index is 0.920. The molecule has 0 aliphatic carbocycles. The normalized spacial score (nSPS) is 11.4. The van der Waals surface area contributed by atoms with Crippen LogP contribution in [0.25, 0.3) is 0 Å². The fourth-order valence-electron chi connectivity index (χ4n) is 9.67. The van der Waals surface area contributed by atoms with Crippen LogP contribution in [0.2, 0.25) is 0 Å². The molecule has 0 N–H and O–H groups in total. The van der Waals surface area contributed by atoms with E-state index in [0.29, 0.717) is 0 Å². The molecule has 0 amide bonds. The summed E-state index contributed by atoms with van der Waals surface area (Å²) >= 11 is 0. The van der Waals surface area contributed by atoms with Gasteiger partial charge < -0.3 is 14.5 Å². The van der Waals surface area contributed by atoms with E-state index >= 15 is 0 Å². The molecule has 0 unspecified atom stereocenters. The van der Waals surface area contributed by atoms with Gasteiger partial charge >= 0.3 is 0 Å². The molecule has 3 nitrogen and oxygen atoms in total. The van der Waals surface area contributed by atoms with Gasteiger partial charge in [-0.05, 0) is 67.8 Å². The molecule has 2 aromatic carbocycles. The lowest BCUT2D eigenvalue weighted by Gasteiger charge is -2.25. The van der Waals surface area contributed by atoms with Crippen LogP contribution in [-0.4, -0.2) is 26.7 Å². The first-order valence-corrected chi connectivity index (χ1v) is 29.0. The smallest absolute Gasteiger partial charge is 0.127 e. The quantitative estimate of drug-likeness (QED) is 0.0616. The van der Waals surface area contributed by atoms with Gasteiger partial charge in [0.05, 0.1) is 0 Å². The van der Waals surface area contributed by atoms with Crippen LogP contribution in [-0.2, 0) is 0 Å². The summed E-state index contributed by atoms with van der Waals surface area (Å²) in [6.45, 7) is 10.4. The predicted molar refractivity (Wildman–Crippen MR) is 289 cm³/mol. The van der Waals surface area contributed by atoms with E-state index in [2.05, 4.69) is 86.1 Å². The standard InChI is InChI=1S/C61H110N2O/c1-5-8-11-14-17-20-23-26-29-32-35-38-41-44-55-62(4)58-47-51-60(52-48-58)64-61-53-49-59(50-54-61)63(56-45-42-39-36-33-30-27-24-21-18-15-12-9-6-2)57-46-43-40-37-34-31-28-25-22-19-16-13-10-7-3/h47-54H,5-46,55-57H2,1-4H3. The molecule has 3 heteroatoms. The van der Waals surface area contributed by atoms with Crippen LogP contribution in [0, 0.1) is 0 Å². The van der Waals surface area contributed by atoms with Crippen molar-refractivity contribution in [2.75, 3.05) is 36.5 Å². The van der Waals surface area contributed by atoms with Crippen LogP contribution < -0.4 is 14.5 Å². The van der Waals surface area contributed by atoms with Gasteiger partial charge in [0.1, 0.15) is 11.5 Å². The summed E-state index contributed by atoms with van der Waals surface area (Å²) in [5.41, 5.74) is 2.64. The average Bonchev–Trinajstić information content (AvgIpc) is 3.31. The Kier molecular flexibility index (Phi) is 40.5. The van der Waals surface area contributed by atoms with E-state index < -0.39 is 0 Å². The van der Waals surface area contributed by atoms with Gasteiger partial charge in [0.25, 0.3) is 0 Å². The Hall–Kier alpha value is -2.16. The van der Waals surface area contributed by atoms with E-state index in [1.54, 1.807) is 0 Å². The first-order valence-electron chi connectivity index (χ1n) is 29.0. The number of ether oxygens (including phenoxy) is 1. The van der Waals surface area contributed by atoms with Crippen molar-refractivity contribution in [2.45, 2.75) is 290 Å². The summed E-state index contributed by atoms with van der Waals surface area (Å²) in [6.07, 6.45) is 59.4. The van der Waals surface area contributed by atoms with Gasteiger partial charge in [0.2, 0.25) is 0 Å². The summed E-state index contributed by atoms with van der Waals surface area (Å²) in [6, 6.07) is 17.7. The largest absolute Gasteiger partial charge is 0.457 e. The molecule has 0 saturated carbocycles. The SMILES string of the molecule is CCCCCCCCCCCCCCCCN(C)c1ccc(Oc2ccc(N(CCCCCCCCCCCCCCCC)CCCCCCCCCCCCCCCC)cc2)cc1. The lowest BCUT2D eigenvalue weighted by atomic mass is 10.0. The fraction of sp³-hybridized carbons (Fsp3) is 0.803. The van der Waals surface area contributed by atoms with Gasteiger partial charge in [-0.3, -0.25) is 0 Å². The van der Waals surface area contributed by atoms with E-state index in [1.807, 2.05) is 0 Å². The highest BCUT2D eigenvalue weighted by Crippen LogP contribution is 2.28. The van der Waals surface area contributed by atoms with Crippen molar-refractivity contribution in [1.82, 2.24) is 0 Å². The summed E-state index contributed by atoms with van der Waals surface area (Å²) in [5.74, 6) is 1.85. The van der Waals surface area contributed by atoms with Gasteiger partial charge in [0.15, 0.2) is 0 Å². The third-order valence-electron chi connectivity index (χ3n) is 14.1. The van der Waals surface area contributed by atoms with Crippen molar-refractivity contribution in [3.8, 4) is 11.5 Å². The van der Waals surface area contributed by atoms with Gasteiger partial charge in [-0.15, -0.1) is 0 Å². The second-order valence-electron chi connectivity index (χ2n) is 20.3. The Bertz CT molecular complexity index is 1180. The van der Waals surface area contributed by atoms with E-state index in [9.17, 15) is 0 Å². The number of hydrogen-bond donors (Lipinski definition) is 0. The van der Waals surface area contributed by atoms with Crippen LogP contribution in [0.5, 0.6) is 11.5 Å². The van der Waals surface area contributed by atoms with Crippen LogP contribution in [0.3, 0.4) is 0 Å². The molecule has 0 aromatic heterocycles. The van der Waals surface area contributed by atoms with Gasteiger partial charge in [-0.25, -0.2) is 0 Å². The second kappa shape index (κ2) is 44.7. The van der Waals surface area contributed by atoms with Gasteiger partial charge in [0, 0.05) is 38.1 Å². The molecule has 2 rings (SSSR count). The summed E-state index contributed by atoms with van der Waals surface area (Å²) in [4.78, 5) is 5.08. The third-order valence-corrected chi connectivity index (χ3v) is 14.1. The maximum absolute atomic E-state index is 6.37. The molecule has 0 bridgehead atoms. The maximum Gasteiger partial charge on any atom is 0.127 e. The number of hydrogen-bond acceptors (Lipinski definition) is 3. The molecule has 0 aliphatic heterocycles. The fourth-order valence-corrected chi connectivity index (χ4v) is 9.67. The number of unbranched alkanes of at least 4 members (excludes halogenated alkanes) is 39. The molecule has 0 fully saturated rings. The molecule has 0 saturated heterocycles. The Morgan fingerprint density at radius 1 is 0.266 bits per heavy atom. The molecular formula is C61H110N2O. The van der Waals surface area contributed by atoms with Crippen molar-refractivity contribution in [1.29, 1.82) is 0 Å². The van der Waals surface area contributed by atoms with Crippen LogP contribution in [0.4, 0.5) is 11.4 Å². The van der Waals surface area contributed by atoms with Crippen molar-refractivity contribution >= 4 is 11.4 Å². The molecule has 64 heavy (non-hydrogen) atoms. The lowest BCUT2D eigenvalue weighted by molar-refractivity contribution is 0.482. The number of anilines is 2. The first-order chi connectivity index (χ1) is 31.7. The highest BCUT2D eigenvalue weighted by Gasteiger charge is 2.09. The Balaban J connectivity index is 1.69. The molecular weight excluding hydrogens is 777 g/mol. The van der Waals surface area contributed by atoms with Gasteiger partial charge in [-0.2, -0.15) is 0 Å². The number of benzene rings is 2. The molecule has 0 aliphatic rings. The predicted octanol–water partition coefficient (Wildman–Crippen LogP) is 21.2.